The molecule has 0 aliphatic heterocycles. The number of nitrogens with zero attached hydrogens (tertiary/aromatic N) is 1. The van der Waals surface area contributed by atoms with Gasteiger partial charge in [0, 0.05) is 6.42 Å². The molecule has 9 heteroatoms. The van der Waals surface area contributed by atoms with Crippen molar-refractivity contribution in [3.63, 3.8) is 0 Å². The van der Waals surface area contributed by atoms with E-state index in [1.165, 1.54) is 116 Å². The summed E-state index contributed by atoms with van der Waals surface area (Å²) < 4.78 is 23.3. The number of unbranched alkanes of at least 4 members (excludes halogenated alkanes) is 24. The normalized spacial score (nSPS) is 14.6. The Morgan fingerprint density at radius 2 is 1.02 bits per heavy atom. The van der Waals surface area contributed by atoms with Crippen molar-refractivity contribution in [2.45, 2.75) is 231 Å². The number of phosphoric ester groups is 1. The predicted octanol–water partition coefficient (Wildman–Crippen LogP) is 13.8. The maximum atomic E-state index is 12.9. The first kappa shape index (κ1) is 58.5. The average Bonchev–Trinajstić information content (AvgIpc) is 3.20. The number of allylic oxidation sites excluding steroid dienone is 8. The summed E-state index contributed by atoms with van der Waals surface area (Å²) in [6.45, 7) is 4.61. The molecule has 60 heavy (non-hydrogen) atoms. The van der Waals surface area contributed by atoms with E-state index in [9.17, 15) is 19.4 Å². The molecule has 0 heterocycles. The Morgan fingerprint density at radius 3 is 1.48 bits per heavy atom. The van der Waals surface area contributed by atoms with Crippen LogP contribution in [-0.4, -0.2) is 68.5 Å². The first-order valence-electron chi connectivity index (χ1n) is 25.0. The van der Waals surface area contributed by atoms with E-state index in [0.29, 0.717) is 23.9 Å². The number of carbonyl (C=O) groups excluding carboxylic acids is 1. The van der Waals surface area contributed by atoms with Crippen molar-refractivity contribution in [1.82, 2.24) is 5.32 Å². The fourth-order valence-corrected chi connectivity index (χ4v) is 7.87. The van der Waals surface area contributed by atoms with Crippen molar-refractivity contribution >= 4 is 13.7 Å². The Balaban J connectivity index is 4.31. The summed E-state index contributed by atoms with van der Waals surface area (Å²) in [5, 5.41) is 14.0. The maximum Gasteiger partial charge on any atom is 0.268 e. The SMILES string of the molecule is CC/C=C\C/C=C\C/C=C\C/C=C\CCCCCCCCC(=O)NC(COP(=O)([O-])OCC[N+](C)(C)C)C(O)CCCCCCCCCCCCCCCCCCCCC. The molecule has 0 aromatic heterocycles. The van der Waals surface area contributed by atoms with Gasteiger partial charge in [-0.2, -0.15) is 0 Å². The van der Waals surface area contributed by atoms with Gasteiger partial charge in [-0.1, -0.05) is 210 Å². The average molecular weight is 865 g/mol. The van der Waals surface area contributed by atoms with Crippen molar-refractivity contribution in [1.29, 1.82) is 0 Å². The number of likely N-dealkylation sites (N-methyl/N-ethyl adjacent to an activating group) is 1. The molecule has 1 amide bonds. The van der Waals surface area contributed by atoms with Crippen LogP contribution in [0, 0.1) is 0 Å². The molecule has 3 atom stereocenters. The van der Waals surface area contributed by atoms with E-state index in [1.807, 2.05) is 21.1 Å². The minimum atomic E-state index is -4.57. The molecule has 8 nitrogen and oxygen atoms in total. The summed E-state index contributed by atoms with van der Waals surface area (Å²) in [6, 6.07) is -0.810. The van der Waals surface area contributed by atoms with Crippen LogP contribution >= 0.6 is 7.82 Å². The van der Waals surface area contributed by atoms with Crippen LogP contribution in [0.5, 0.6) is 0 Å². The van der Waals surface area contributed by atoms with Crippen LogP contribution in [0.25, 0.3) is 0 Å². The summed E-state index contributed by atoms with van der Waals surface area (Å²) in [7, 11) is 1.29. The summed E-state index contributed by atoms with van der Waals surface area (Å²) in [6.07, 6.45) is 54.0. The first-order chi connectivity index (χ1) is 29.0. The third-order valence-electron chi connectivity index (χ3n) is 11.1. The Labute approximate surface area is 371 Å². The van der Waals surface area contributed by atoms with Crippen LogP contribution in [0.3, 0.4) is 0 Å². The lowest BCUT2D eigenvalue weighted by Gasteiger charge is -2.30. The molecule has 0 bridgehead atoms. The van der Waals surface area contributed by atoms with Crippen molar-refractivity contribution in [3.05, 3.63) is 48.6 Å². The second kappa shape index (κ2) is 42.7. The fraction of sp³-hybridized carbons (Fsp3) is 0.824. The molecule has 352 valence electrons. The maximum absolute atomic E-state index is 12.9. The Morgan fingerprint density at radius 1 is 0.600 bits per heavy atom. The molecule has 0 aromatic carbocycles. The second-order valence-corrected chi connectivity index (χ2v) is 19.6. The van der Waals surface area contributed by atoms with Crippen LogP contribution in [0.15, 0.2) is 48.6 Å². The third kappa shape index (κ3) is 44.5. The van der Waals surface area contributed by atoms with E-state index in [0.717, 1.165) is 77.0 Å². The summed E-state index contributed by atoms with van der Waals surface area (Å²) in [5.41, 5.74) is 0. The van der Waals surface area contributed by atoms with Crippen molar-refractivity contribution in [3.8, 4) is 0 Å². The number of amides is 1. The van der Waals surface area contributed by atoms with Gasteiger partial charge < -0.3 is 28.8 Å². The van der Waals surface area contributed by atoms with Gasteiger partial charge in [-0.15, -0.1) is 0 Å². The molecule has 2 N–H and O–H groups in total. The van der Waals surface area contributed by atoms with Gasteiger partial charge >= 0.3 is 0 Å². The largest absolute Gasteiger partial charge is 0.756 e. The van der Waals surface area contributed by atoms with E-state index in [4.69, 9.17) is 9.05 Å². The fourth-order valence-electron chi connectivity index (χ4n) is 7.15. The molecule has 0 rings (SSSR count). The number of phosphoric acid groups is 1. The quantitative estimate of drug-likeness (QED) is 0.0273. The number of rotatable bonds is 45. The smallest absolute Gasteiger partial charge is 0.268 e. The highest BCUT2D eigenvalue weighted by atomic mass is 31.2. The van der Waals surface area contributed by atoms with Crippen molar-refractivity contribution in [2.75, 3.05) is 40.9 Å². The number of aliphatic hydroxyl groups is 1. The number of nitrogens with one attached hydrogen (secondary N) is 1. The molecule has 0 saturated heterocycles. The van der Waals surface area contributed by atoms with E-state index in [2.05, 4.69) is 67.8 Å². The Bertz CT molecular complexity index is 1120. The topological polar surface area (TPSA) is 108 Å². The van der Waals surface area contributed by atoms with E-state index >= 15 is 0 Å². The number of hydrogen-bond donors (Lipinski definition) is 2. The van der Waals surface area contributed by atoms with E-state index < -0.39 is 20.0 Å². The van der Waals surface area contributed by atoms with Gasteiger partial charge in [0.25, 0.3) is 7.82 Å². The molecular weight excluding hydrogens is 768 g/mol. The van der Waals surface area contributed by atoms with Gasteiger partial charge in [-0.3, -0.25) is 9.36 Å². The molecule has 0 aliphatic rings. The van der Waals surface area contributed by atoms with Crippen molar-refractivity contribution < 1.29 is 32.9 Å². The molecule has 0 saturated carbocycles. The summed E-state index contributed by atoms with van der Waals surface area (Å²) in [5.74, 6) is -0.179. The van der Waals surface area contributed by atoms with Crippen LogP contribution in [0.4, 0.5) is 0 Å². The highest BCUT2D eigenvalue weighted by Gasteiger charge is 2.24. The van der Waals surface area contributed by atoms with Crippen LogP contribution in [0.1, 0.15) is 219 Å². The van der Waals surface area contributed by atoms with Gasteiger partial charge in [0.2, 0.25) is 5.91 Å². The van der Waals surface area contributed by atoms with Crippen LogP contribution in [0.2, 0.25) is 0 Å². The van der Waals surface area contributed by atoms with Crippen LogP contribution < -0.4 is 10.2 Å². The molecule has 3 unspecified atom stereocenters. The third-order valence-corrected chi connectivity index (χ3v) is 12.0. The summed E-state index contributed by atoms with van der Waals surface area (Å²) >= 11 is 0. The van der Waals surface area contributed by atoms with Gasteiger partial charge in [0.15, 0.2) is 0 Å². The van der Waals surface area contributed by atoms with Crippen LogP contribution in [-0.2, 0) is 18.4 Å². The zero-order valence-corrected chi connectivity index (χ0v) is 40.8. The van der Waals surface area contributed by atoms with Gasteiger partial charge in [-0.25, -0.2) is 0 Å². The molecule has 0 radical (unpaired) electrons. The monoisotopic (exact) mass is 865 g/mol. The highest BCUT2D eigenvalue weighted by Crippen LogP contribution is 2.38. The first-order valence-corrected chi connectivity index (χ1v) is 26.4. The lowest BCUT2D eigenvalue weighted by Crippen LogP contribution is -2.46. The number of quaternary nitrogens is 1. The number of hydrogen-bond acceptors (Lipinski definition) is 6. The lowest BCUT2D eigenvalue weighted by molar-refractivity contribution is -0.870. The lowest BCUT2D eigenvalue weighted by atomic mass is 10.0. The van der Waals surface area contributed by atoms with E-state index in [1.54, 1.807) is 0 Å². The van der Waals surface area contributed by atoms with Gasteiger partial charge in [-0.05, 0) is 51.4 Å². The summed E-state index contributed by atoms with van der Waals surface area (Å²) in [4.78, 5) is 25.4. The molecule has 0 aromatic rings. The molecule has 0 fully saturated rings. The standard InChI is InChI=1S/C51H97N2O6P/c1-6-8-10-12-14-16-18-20-22-24-26-28-30-32-34-36-38-40-42-44-50(54)49(48-59-60(56,57)58-47-46-53(3,4)5)52-51(55)45-43-41-39-37-35-33-31-29-27-25-23-21-19-17-15-13-11-9-7-2/h9,11,15,17,21,23,27,29,49-50,54H,6-8,10,12-14,16,18-20,22,24-26,28,30-48H2,1-5H3,(H-,52,55,56,57)/b11-9-,17-15-,23-21-,29-27-. The zero-order valence-electron chi connectivity index (χ0n) is 39.9. The predicted molar refractivity (Wildman–Crippen MR) is 256 cm³/mol. The van der Waals surface area contributed by atoms with Gasteiger partial charge in [0.05, 0.1) is 39.9 Å². The molecule has 0 spiro atoms. The Kier molecular flexibility index (Phi) is 41.6. The van der Waals surface area contributed by atoms with Crippen molar-refractivity contribution in [2.24, 2.45) is 0 Å². The highest BCUT2D eigenvalue weighted by molar-refractivity contribution is 7.45. The second-order valence-electron chi connectivity index (χ2n) is 18.1. The van der Waals surface area contributed by atoms with E-state index in [-0.39, 0.29) is 19.1 Å². The van der Waals surface area contributed by atoms with Gasteiger partial charge in [0.1, 0.15) is 13.2 Å². The molecular formula is C51H97N2O6P. The number of carbonyl (C=O) groups is 1. The number of aliphatic hydroxyl groups excluding tert-OH is 1. The minimum Gasteiger partial charge on any atom is -0.756 e. The molecule has 0 aliphatic carbocycles. The minimum absolute atomic E-state index is 0.00759. The Hall–Kier alpha value is -1.54. The zero-order chi connectivity index (χ0) is 44.3.